The molecule has 8 nitrogen and oxygen atoms in total. The third kappa shape index (κ3) is 2.82. The molecule has 3 N–H and O–H groups in total. The third-order valence-electron chi connectivity index (χ3n) is 3.50. The van der Waals surface area contributed by atoms with Gasteiger partial charge in [-0.15, -0.1) is 5.10 Å². The number of hydrogen-bond acceptors (Lipinski definition) is 7. The molecule has 1 fully saturated rings. The van der Waals surface area contributed by atoms with E-state index >= 15 is 0 Å². The van der Waals surface area contributed by atoms with Gasteiger partial charge in [-0.1, -0.05) is 18.0 Å². The van der Waals surface area contributed by atoms with Crippen LogP contribution in [0.3, 0.4) is 0 Å². The van der Waals surface area contributed by atoms with Crippen molar-refractivity contribution >= 4 is 17.6 Å². The standard InChI is InChI=1S/C12H15N7OS/c13-11(16-20)9-5-6-14-7-10(9)21-12-15-17-18-19(12)8-3-1-2-4-8/h5-8,20H,1-4H2,(H2,13,16). The summed E-state index contributed by atoms with van der Waals surface area (Å²) in [5, 5.41) is 24.5. The largest absolute Gasteiger partial charge is 0.409 e. The van der Waals surface area contributed by atoms with E-state index in [2.05, 4.69) is 25.7 Å². The van der Waals surface area contributed by atoms with Gasteiger partial charge in [-0.05, 0) is 41.1 Å². The van der Waals surface area contributed by atoms with Crippen LogP contribution in [0.25, 0.3) is 0 Å². The second-order valence-corrected chi connectivity index (χ2v) is 5.81. The van der Waals surface area contributed by atoms with Crippen molar-refractivity contribution in [2.75, 3.05) is 0 Å². The molecular formula is C12H15N7OS. The number of nitrogens with zero attached hydrogens (tertiary/aromatic N) is 6. The molecule has 1 saturated carbocycles. The number of pyridine rings is 1. The first-order chi connectivity index (χ1) is 10.3. The highest BCUT2D eigenvalue weighted by atomic mass is 32.2. The van der Waals surface area contributed by atoms with E-state index in [4.69, 9.17) is 10.9 Å². The third-order valence-corrected chi connectivity index (χ3v) is 4.50. The molecular weight excluding hydrogens is 290 g/mol. The van der Waals surface area contributed by atoms with Crippen molar-refractivity contribution in [2.24, 2.45) is 10.9 Å². The van der Waals surface area contributed by atoms with Gasteiger partial charge in [0.25, 0.3) is 0 Å². The summed E-state index contributed by atoms with van der Waals surface area (Å²) in [6.07, 6.45) is 7.86. The Labute approximate surface area is 125 Å². The summed E-state index contributed by atoms with van der Waals surface area (Å²) in [7, 11) is 0. The highest BCUT2D eigenvalue weighted by Crippen LogP contribution is 2.34. The fourth-order valence-corrected chi connectivity index (χ4v) is 3.41. The van der Waals surface area contributed by atoms with Crippen molar-refractivity contribution in [1.29, 1.82) is 0 Å². The van der Waals surface area contributed by atoms with Crippen LogP contribution in [0.4, 0.5) is 0 Å². The van der Waals surface area contributed by atoms with E-state index in [9.17, 15) is 0 Å². The molecule has 0 radical (unpaired) electrons. The number of tetrazole rings is 1. The van der Waals surface area contributed by atoms with Gasteiger partial charge in [-0.2, -0.15) is 0 Å². The van der Waals surface area contributed by atoms with Crippen LogP contribution < -0.4 is 5.73 Å². The molecule has 0 aromatic carbocycles. The molecule has 0 aliphatic heterocycles. The maximum Gasteiger partial charge on any atom is 0.214 e. The topological polar surface area (TPSA) is 115 Å². The van der Waals surface area contributed by atoms with Gasteiger partial charge in [0.2, 0.25) is 5.16 Å². The van der Waals surface area contributed by atoms with Crippen LogP contribution in [0, 0.1) is 0 Å². The van der Waals surface area contributed by atoms with Gasteiger partial charge in [0.05, 0.1) is 6.04 Å². The average molecular weight is 305 g/mol. The summed E-state index contributed by atoms with van der Waals surface area (Å²) in [5.41, 5.74) is 6.29. The van der Waals surface area contributed by atoms with Gasteiger partial charge >= 0.3 is 0 Å². The van der Waals surface area contributed by atoms with Gasteiger partial charge in [0, 0.05) is 22.9 Å². The maximum absolute atomic E-state index is 8.85. The lowest BCUT2D eigenvalue weighted by molar-refractivity contribution is 0.318. The molecule has 0 unspecified atom stereocenters. The highest BCUT2D eigenvalue weighted by molar-refractivity contribution is 7.99. The van der Waals surface area contributed by atoms with E-state index in [1.807, 2.05) is 4.68 Å². The summed E-state index contributed by atoms with van der Waals surface area (Å²) in [4.78, 5) is 4.83. The Morgan fingerprint density at radius 2 is 2.24 bits per heavy atom. The quantitative estimate of drug-likeness (QED) is 0.380. The molecule has 0 bridgehead atoms. The molecule has 0 spiro atoms. The highest BCUT2D eigenvalue weighted by Gasteiger charge is 2.22. The van der Waals surface area contributed by atoms with E-state index in [0.717, 1.165) is 17.7 Å². The molecule has 3 rings (SSSR count). The SMILES string of the molecule is N/C(=N/O)c1ccncc1Sc1nnnn1C1CCCC1. The van der Waals surface area contributed by atoms with Crippen LogP contribution in [-0.2, 0) is 0 Å². The van der Waals surface area contributed by atoms with E-state index in [1.165, 1.54) is 24.6 Å². The fraction of sp³-hybridized carbons (Fsp3) is 0.417. The number of oxime groups is 1. The van der Waals surface area contributed by atoms with Gasteiger partial charge in [-0.25, -0.2) is 4.68 Å². The lowest BCUT2D eigenvalue weighted by Gasteiger charge is -2.11. The lowest BCUT2D eigenvalue weighted by atomic mass is 10.2. The van der Waals surface area contributed by atoms with E-state index < -0.39 is 0 Å². The van der Waals surface area contributed by atoms with Gasteiger partial charge in [0.15, 0.2) is 5.84 Å². The van der Waals surface area contributed by atoms with Crippen LogP contribution in [0.1, 0.15) is 37.3 Å². The zero-order chi connectivity index (χ0) is 14.7. The Morgan fingerprint density at radius 1 is 1.43 bits per heavy atom. The molecule has 2 aromatic rings. The first-order valence-electron chi connectivity index (χ1n) is 6.67. The van der Waals surface area contributed by atoms with E-state index in [0.29, 0.717) is 16.8 Å². The maximum atomic E-state index is 8.85. The van der Waals surface area contributed by atoms with E-state index in [1.54, 1.807) is 18.5 Å². The number of nitrogens with two attached hydrogens (primary N) is 1. The normalized spacial score (nSPS) is 16.5. The van der Waals surface area contributed by atoms with Crippen molar-refractivity contribution in [2.45, 2.75) is 41.8 Å². The van der Waals surface area contributed by atoms with Crippen molar-refractivity contribution in [3.8, 4) is 0 Å². The smallest absolute Gasteiger partial charge is 0.214 e. The molecule has 1 aliphatic rings. The molecule has 9 heteroatoms. The molecule has 0 atom stereocenters. The van der Waals surface area contributed by atoms with Crippen LogP contribution in [0.15, 0.2) is 33.7 Å². The van der Waals surface area contributed by atoms with Crippen LogP contribution in [0.5, 0.6) is 0 Å². The second kappa shape index (κ2) is 6.08. The van der Waals surface area contributed by atoms with Gasteiger partial charge in [0.1, 0.15) is 0 Å². The lowest BCUT2D eigenvalue weighted by Crippen LogP contribution is -2.14. The predicted molar refractivity (Wildman–Crippen MR) is 76.2 cm³/mol. The van der Waals surface area contributed by atoms with Crippen LogP contribution >= 0.6 is 11.8 Å². The van der Waals surface area contributed by atoms with Crippen molar-refractivity contribution < 1.29 is 5.21 Å². The Morgan fingerprint density at radius 3 is 3.00 bits per heavy atom. The van der Waals surface area contributed by atoms with Gasteiger partial charge in [-0.3, -0.25) is 4.98 Å². The minimum Gasteiger partial charge on any atom is -0.409 e. The molecule has 0 saturated heterocycles. The summed E-state index contributed by atoms with van der Waals surface area (Å²) >= 11 is 1.37. The Bertz CT molecular complexity index is 651. The van der Waals surface area contributed by atoms with Crippen molar-refractivity contribution in [3.05, 3.63) is 24.0 Å². The zero-order valence-corrected chi connectivity index (χ0v) is 12.1. The zero-order valence-electron chi connectivity index (χ0n) is 11.3. The first-order valence-corrected chi connectivity index (χ1v) is 7.49. The van der Waals surface area contributed by atoms with Crippen molar-refractivity contribution in [3.63, 3.8) is 0 Å². The minimum atomic E-state index is 0.0415. The molecule has 2 heterocycles. The summed E-state index contributed by atoms with van der Waals surface area (Å²) in [6.45, 7) is 0. The van der Waals surface area contributed by atoms with Crippen molar-refractivity contribution in [1.82, 2.24) is 25.2 Å². The van der Waals surface area contributed by atoms with E-state index in [-0.39, 0.29) is 5.84 Å². The number of amidine groups is 1. The predicted octanol–water partition coefficient (Wildman–Crippen LogP) is 1.43. The van der Waals surface area contributed by atoms with Crippen LogP contribution in [-0.4, -0.2) is 36.2 Å². The first kappa shape index (κ1) is 13.8. The summed E-state index contributed by atoms with van der Waals surface area (Å²) in [5.74, 6) is 0.0415. The van der Waals surface area contributed by atoms with Crippen LogP contribution in [0.2, 0.25) is 0 Å². The van der Waals surface area contributed by atoms with Gasteiger partial charge < -0.3 is 10.9 Å². The Balaban J connectivity index is 1.89. The summed E-state index contributed by atoms with van der Waals surface area (Å²) < 4.78 is 1.86. The molecule has 21 heavy (non-hydrogen) atoms. The second-order valence-electron chi connectivity index (χ2n) is 4.80. The molecule has 0 amide bonds. The number of hydrogen-bond donors (Lipinski definition) is 2. The monoisotopic (exact) mass is 305 g/mol. The Hall–Kier alpha value is -2.16. The molecule has 1 aliphatic carbocycles. The molecule has 110 valence electrons. The average Bonchev–Trinajstić information content (AvgIpc) is 3.17. The fourth-order valence-electron chi connectivity index (χ4n) is 2.46. The summed E-state index contributed by atoms with van der Waals surface area (Å²) in [6, 6.07) is 2.05. The number of aromatic nitrogens is 5. The minimum absolute atomic E-state index is 0.0415. The molecule has 2 aromatic heterocycles. The Kier molecular flexibility index (Phi) is 4.00. The number of rotatable bonds is 4.